The standard InChI is InChI=1S/C68H87F4N17O15/c69-67(70)33-47(35-73)88(45-67)59(92)37-79-65(101)51-9-13-75-55-7-5-49(31-53(51)55)103-29-3-1-11-77-57(90)39-81-15-16-82(26-28-87(27-25-81)61(94)41-83-17-19-84(42-62(95)96)21-23-86(44-64(99)100)24-22-85(20-18-83)43-63(97)98)40-58(91)78-12-2-4-30-104-50-6-8-56-54(32-50)52(10-14-76-56)66(102)80-38-60(93)89-46-68(71,72)34-48(89)36-74/h5-10,13-14,31-32,47-48H,1-4,11-12,15-30,33-34,37-46H2,(H,77,90)(H,78,91)(H,79,101)(H,80,102)(H,95,96)(H,97,98)(H,99,100)/t47-,48-/m0/s1. The van der Waals surface area contributed by atoms with Crippen LogP contribution in [0.25, 0.3) is 21.8 Å². The fraction of sp³-hybridized carbons (Fsp3) is 0.559. The van der Waals surface area contributed by atoms with Gasteiger partial charge in [0.1, 0.15) is 23.6 Å². The number of alkyl halides is 4. The Labute approximate surface area is 596 Å². The monoisotopic (exact) mass is 1460 g/mol. The van der Waals surface area contributed by atoms with Gasteiger partial charge in [-0.3, -0.25) is 87.3 Å². The summed E-state index contributed by atoms with van der Waals surface area (Å²) < 4.78 is 68.0. The predicted octanol–water partition coefficient (Wildman–Crippen LogP) is -0.0656. The molecule has 2 atom stereocenters. The number of likely N-dealkylation sites (tertiary alicyclic amines) is 2. The van der Waals surface area contributed by atoms with E-state index in [2.05, 4.69) is 31.2 Å². The molecule has 4 aliphatic heterocycles. The van der Waals surface area contributed by atoms with Gasteiger partial charge in [0.2, 0.25) is 29.5 Å². The lowest BCUT2D eigenvalue weighted by Crippen LogP contribution is -2.51. The predicted molar refractivity (Wildman–Crippen MR) is 363 cm³/mol. The number of aliphatic carboxylic acids is 3. The molecule has 4 saturated heterocycles. The number of unbranched alkanes of at least 4 members (excludes halogenated alkanes) is 2. The third-order valence-electron chi connectivity index (χ3n) is 18.1. The Morgan fingerprint density at radius 1 is 0.462 bits per heavy atom. The smallest absolute Gasteiger partial charge is 0.317 e. The molecular formula is C68H87F4N17O15. The topological polar surface area (TPSA) is 400 Å². The third kappa shape index (κ3) is 24.9. The largest absolute Gasteiger partial charge is 0.494 e. The first kappa shape index (κ1) is 79.7. The quantitative estimate of drug-likeness (QED) is 0.0265. The van der Waals surface area contributed by atoms with Crippen LogP contribution in [0.4, 0.5) is 17.6 Å². The number of fused-ring (bicyclic) bond motifs is 2. The van der Waals surface area contributed by atoms with Crippen molar-refractivity contribution in [2.45, 2.75) is 62.5 Å². The summed E-state index contributed by atoms with van der Waals surface area (Å²) in [6.45, 7) is -0.285. The van der Waals surface area contributed by atoms with Gasteiger partial charge in [-0.1, -0.05) is 0 Å². The number of amides is 7. The summed E-state index contributed by atoms with van der Waals surface area (Å²) in [5.41, 5.74) is 1.17. The molecule has 0 saturated carbocycles. The fourth-order valence-electron chi connectivity index (χ4n) is 12.5. The molecule has 7 amide bonds. The van der Waals surface area contributed by atoms with E-state index < -0.39 is 104 Å². The van der Waals surface area contributed by atoms with Crippen molar-refractivity contribution >= 4 is 81.1 Å². The molecule has 4 aromatic rings. The van der Waals surface area contributed by atoms with Crippen LogP contribution in [0.1, 0.15) is 59.2 Å². The number of hydrogen-bond donors (Lipinski definition) is 7. The highest BCUT2D eigenvalue weighted by molar-refractivity contribution is 6.08. The highest BCUT2D eigenvalue weighted by Crippen LogP contribution is 2.33. The Morgan fingerprint density at radius 2 is 0.808 bits per heavy atom. The number of nitriles is 2. The van der Waals surface area contributed by atoms with Crippen molar-refractivity contribution in [1.29, 1.82) is 10.5 Å². The molecule has 0 unspecified atom stereocenters. The Kier molecular flexibility index (Phi) is 29.5. The van der Waals surface area contributed by atoms with E-state index in [9.17, 15) is 91.4 Å². The zero-order valence-electron chi connectivity index (χ0n) is 57.5. The lowest BCUT2D eigenvalue weighted by molar-refractivity contribution is -0.140. The second kappa shape index (κ2) is 38.5. The summed E-state index contributed by atoms with van der Waals surface area (Å²) in [5, 5.41) is 59.4. The summed E-state index contributed by atoms with van der Waals surface area (Å²) in [4.78, 5) is 152. The number of hydrogen-bond acceptors (Lipinski definition) is 22. The van der Waals surface area contributed by atoms with E-state index in [1.54, 1.807) is 68.1 Å². The normalized spacial score (nSPS) is 19.0. The zero-order valence-corrected chi connectivity index (χ0v) is 57.5. The van der Waals surface area contributed by atoms with E-state index >= 15 is 0 Å². The highest BCUT2D eigenvalue weighted by Gasteiger charge is 2.48. The molecule has 2 aromatic heterocycles. The van der Waals surface area contributed by atoms with E-state index in [1.807, 2.05) is 14.7 Å². The SMILES string of the molecule is N#C[C@@H]1CC(F)(F)CN1C(=O)CNC(=O)c1ccnc2ccc(OCCCCNC(=O)CN3CCN(CC(=O)NCCCCOc4ccc5nccc(C(=O)NCC(=O)N6CC(F)(F)C[C@H]6C#N)c5c4)CCN(C(=O)CN4CCN(CC(=O)O)CCN(CC(=O)O)CCN(CC(=O)O)CC4)CC3)cc12. The van der Waals surface area contributed by atoms with Crippen LogP contribution in [0, 0.1) is 22.7 Å². The van der Waals surface area contributed by atoms with E-state index in [4.69, 9.17) is 9.47 Å². The molecule has 8 rings (SSSR count). The molecule has 32 nitrogen and oxygen atoms in total. The summed E-state index contributed by atoms with van der Waals surface area (Å²) in [5.74, 6) is -12.8. The molecule has 4 aliphatic rings. The first-order valence-corrected chi connectivity index (χ1v) is 34.3. The maximum absolute atomic E-state index is 14.6. The van der Waals surface area contributed by atoms with Crippen molar-refractivity contribution in [3.8, 4) is 23.6 Å². The molecule has 0 spiro atoms. The summed E-state index contributed by atoms with van der Waals surface area (Å²) in [6, 6.07) is 13.5. The number of ether oxygens (including phenoxy) is 2. The number of nitrogens with one attached hydrogen (secondary N) is 4. The van der Waals surface area contributed by atoms with Crippen molar-refractivity contribution in [3.05, 3.63) is 72.1 Å². The van der Waals surface area contributed by atoms with Gasteiger partial charge in [0.15, 0.2) is 0 Å². The summed E-state index contributed by atoms with van der Waals surface area (Å²) >= 11 is 0. The number of benzene rings is 2. The van der Waals surface area contributed by atoms with Crippen LogP contribution in [0.15, 0.2) is 60.9 Å². The average molecular weight is 1460 g/mol. The van der Waals surface area contributed by atoms with Crippen LogP contribution in [0.2, 0.25) is 0 Å². The summed E-state index contributed by atoms with van der Waals surface area (Å²) in [6.07, 6.45) is 3.22. The number of nitrogens with zero attached hydrogens (tertiary/aromatic N) is 13. The van der Waals surface area contributed by atoms with Gasteiger partial charge in [-0.25, -0.2) is 17.6 Å². The minimum atomic E-state index is -3.22. The van der Waals surface area contributed by atoms with Crippen LogP contribution in [-0.4, -0.2) is 336 Å². The van der Waals surface area contributed by atoms with Crippen LogP contribution in [-0.2, 0) is 38.4 Å². The van der Waals surface area contributed by atoms with Crippen molar-refractivity contribution in [3.63, 3.8) is 0 Å². The van der Waals surface area contributed by atoms with Crippen LogP contribution < -0.4 is 30.7 Å². The molecule has 6 heterocycles. The first-order chi connectivity index (χ1) is 49.7. The lowest BCUT2D eigenvalue weighted by atomic mass is 10.1. The zero-order chi connectivity index (χ0) is 74.9. The van der Waals surface area contributed by atoms with Crippen molar-refractivity contribution in [1.82, 2.24) is 75.3 Å². The van der Waals surface area contributed by atoms with Gasteiger partial charge in [-0.15, -0.1) is 0 Å². The van der Waals surface area contributed by atoms with Crippen molar-refractivity contribution in [2.24, 2.45) is 0 Å². The number of carbonyl (C=O) groups excluding carboxylic acids is 7. The summed E-state index contributed by atoms with van der Waals surface area (Å²) in [7, 11) is 0. The average Bonchev–Trinajstić information content (AvgIpc) is 0.982. The number of carboxylic acid groups (broad SMARTS) is 3. The minimum absolute atomic E-state index is 0.0637. The van der Waals surface area contributed by atoms with E-state index in [-0.39, 0.29) is 173 Å². The van der Waals surface area contributed by atoms with Crippen LogP contribution >= 0.6 is 0 Å². The molecule has 104 heavy (non-hydrogen) atoms. The number of pyridine rings is 2. The first-order valence-electron chi connectivity index (χ1n) is 34.3. The lowest BCUT2D eigenvalue weighted by Gasteiger charge is -2.34. The third-order valence-corrected chi connectivity index (χ3v) is 18.1. The second-order valence-electron chi connectivity index (χ2n) is 25.9. The molecule has 2 aromatic carbocycles. The van der Waals surface area contributed by atoms with Gasteiger partial charge in [0.25, 0.3) is 23.7 Å². The molecule has 0 aliphatic carbocycles. The Bertz CT molecular complexity index is 3590. The molecule has 0 bridgehead atoms. The van der Waals surface area contributed by atoms with Gasteiger partial charge < -0.3 is 60.8 Å². The Balaban J connectivity index is 0.844. The van der Waals surface area contributed by atoms with Gasteiger partial charge in [0.05, 0.1) is 113 Å². The maximum atomic E-state index is 14.6. The Morgan fingerprint density at radius 3 is 1.16 bits per heavy atom. The number of carboxylic acids is 3. The van der Waals surface area contributed by atoms with E-state index in [1.165, 1.54) is 24.5 Å². The molecule has 562 valence electrons. The van der Waals surface area contributed by atoms with Gasteiger partial charge >= 0.3 is 17.9 Å². The molecule has 0 radical (unpaired) electrons. The van der Waals surface area contributed by atoms with E-state index in [0.29, 0.717) is 72.1 Å². The molecule has 36 heteroatoms. The van der Waals surface area contributed by atoms with E-state index in [0.717, 1.165) is 9.80 Å². The number of aromatic nitrogens is 2. The van der Waals surface area contributed by atoms with Crippen molar-refractivity contribution in [2.75, 3.05) is 183 Å². The number of rotatable bonds is 30. The molecular weight excluding hydrogens is 1370 g/mol. The van der Waals surface area contributed by atoms with Gasteiger partial charge in [0, 0.05) is 141 Å². The van der Waals surface area contributed by atoms with Gasteiger partial charge in [-0.05, 0) is 74.2 Å². The van der Waals surface area contributed by atoms with Crippen molar-refractivity contribution < 1.29 is 90.3 Å². The molecule has 4 fully saturated rings. The molecule has 7 N–H and O–H groups in total. The Hall–Kier alpha value is -9.98. The van der Waals surface area contributed by atoms with Crippen LogP contribution in [0.3, 0.4) is 0 Å². The number of halogens is 4. The van der Waals surface area contributed by atoms with Crippen LogP contribution in [0.5, 0.6) is 11.5 Å². The van der Waals surface area contributed by atoms with Gasteiger partial charge in [-0.2, -0.15) is 10.5 Å². The highest BCUT2D eigenvalue weighted by atomic mass is 19.3. The number of carbonyl (C=O) groups is 10. The maximum Gasteiger partial charge on any atom is 0.317 e. The second-order valence-corrected chi connectivity index (χ2v) is 25.9. The fourth-order valence-corrected chi connectivity index (χ4v) is 12.5. The minimum Gasteiger partial charge on any atom is -0.494 e.